The number of aromatic nitrogens is 2. The molecule has 1 saturated carbocycles. The Labute approximate surface area is 117 Å². The smallest absolute Gasteiger partial charge is 0.105 e. The van der Waals surface area contributed by atoms with Crippen molar-refractivity contribution in [1.29, 1.82) is 0 Å². The summed E-state index contributed by atoms with van der Waals surface area (Å²) in [7, 11) is 0. The quantitative estimate of drug-likeness (QED) is 0.821. The van der Waals surface area contributed by atoms with Crippen LogP contribution in [0.1, 0.15) is 44.9 Å². The Hall–Kier alpha value is -0.870. The van der Waals surface area contributed by atoms with Crippen molar-refractivity contribution in [3.05, 3.63) is 18.2 Å². The molecule has 1 aromatic heterocycles. The standard InChI is InChI=1S/C15H28N4/c1-3-9-19(15(13-16)6-4-5-7-15)12-11-18-10-8-17-14(18)2/h8,10H,3-7,9,11-13,16H2,1-2H3. The monoisotopic (exact) mass is 264 g/mol. The van der Waals surface area contributed by atoms with Crippen molar-refractivity contribution in [1.82, 2.24) is 14.5 Å². The molecule has 0 spiro atoms. The van der Waals surface area contributed by atoms with Crippen LogP contribution >= 0.6 is 0 Å². The lowest BCUT2D eigenvalue weighted by atomic mass is 9.94. The van der Waals surface area contributed by atoms with Crippen molar-refractivity contribution in [3.63, 3.8) is 0 Å². The summed E-state index contributed by atoms with van der Waals surface area (Å²) in [5.41, 5.74) is 6.39. The Balaban J connectivity index is 2.01. The molecule has 0 saturated heterocycles. The van der Waals surface area contributed by atoms with Gasteiger partial charge in [0, 0.05) is 37.6 Å². The summed E-state index contributed by atoms with van der Waals surface area (Å²) in [6.07, 6.45) is 10.4. The zero-order valence-electron chi connectivity index (χ0n) is 12.4. The third-order valence-electron chi connectivity index (χ3n) is 4.61. The van der Waals surface area contributed by atoms with Gasteiger partial charge >= 0.3 is 0 Å². The van der Waals surface area contributed by atoms with Gasteiger partial charge in [0.15, 0.2) is 0 Å². The van der Waals surface area contributed by atoms with Gasteiger partial charge in [-0.3, -0.25) is 4.90 Å². The lowest BCUT2D eigenvalue weighted by molar-refractivity contribution is 0.0941. The molecule has 0 aromatic carbocycles. The average Bonchev–Trinajstić information content (AvgIpc) is 3.04. The first kappa shape index (κ1) is 14.5. The SMILES string of the molecule is CCCN(CCn1ccnc1C)C1(CN)CCCC1. The van der Waals surface area contributed by atoms with Crippen molar-refractivity contribution in [2.75, 3.05) is 19.6 Å². The van der Waals surface area contributed by atoms with E-state index in [4.69, 9.17) is 5.73 Å². The van der Waals surface area contributed by atoms with E-state index in [2.05, 4.69) is 34.5 Å². The van der Waals surface area contributed by atoms with Gasteiger partial charge in [-0.25, -0.2) is 4.98 Å². The summed E-state index contributed by atoms with van der Waals surface area (Å²) >= 11 is 0. The molecule has 2 rings (SSSR count). The van der Waals surface area contributed by atoms with E-state index in [1.54, 1.807) is 0 Å². The molecule has 108 valence electrons. The van der Waals surface area contributed by atoms with Crippen molar-refractivity contribution in [2.45, 2.75) is 58.0 Å². The predicted molar refractivity (Wildman–Crippen MR) is 79.1 cm³/mol. The second kappa shape index (κ2) is 6.53. The minimum Gasteiger partial charge on any atom is -0.334 e. The molecule has 1 fully saturated rings. The molecule has 1 aromatic rings. The van der Waals surface area contributed by atoms with Crippen LogP contribution in [-0.4, -0.2) is 39.6 Å². The Bertz CT molecular complexity index is 379. The maximum atomic E-state index is 6.12. The molecule has 0 radical (unpaired) electrons. The minimum atomic E-state index is 0.268. The van der Waals surface area contributed by atoms with Crippen LogP contribution in [0.4, 0.5) is 0 Å². The predicted octanol–water partition coefficient (Wildman–Crippen LogP) is 2.18. The normalized spacial score (nSPS) is 18.3. The van der Waals surface area contributed by atoms with Gasteiger partial charge in [0.2, 0.25) is 0 Å². The molecule has 2 N–H and O–H groups in total. The van der Waals surface area contributed by atoms with Crippen molar-refractivity contribution in [3.8, 4) is 0 Å². The lowest BCUT2D eigenvalue weighted by Gasteiger charge is -2.41. The molecule has 4 nitrogen and oxygen atoms in total. The largest absolute Gasteiger partial charge is 0.334 e. The summed E-state index contributed by atoms with van der Waals surface area (Å²) in [6.45, 7) is 8.39. The van der Waals surface area contributed by atoms with Gasteiger partial charge in [0.1, 0.15) is 5.82 Å². The van der Waals surface area contributed by atoms with Crippen LogP contribution in [0.5, 0.6) is 0 Å². The molecule has 1 aliphatic carbocycles. The zero-order valence-corrected chi connectivity index (χ0v) is 12.4. The molecule has 0 bridgehead atoms. The van der Waals surface area contributed by atoms with Crippen LogP contribution < -0.4 is 5.73 Å². The van der Waals surface area contributed by atoms with Crippen molar-refractivity contribution < 1.29 is 0 Å². The third-order valence-corrected chi connectivity index (χ3v) is 4.61. The first-order valence-electron chi connectivity index (χ1n) is 7.65. The Morgan fingerprint density at radius 2 is 2.11 bits per heavy atom. The molecule has 0 atom stereocenters. The summed E-state index contributed by atoms with van der Waals surface area (Å²) in [4.78, 5) is 6.93. The molecule has 0 amide bonds. The van der Waals surface area contributed by atoms with Gasteiger partial charge in [0.25, 0.3) is 0 Å². The number of nitrogens with zero attached hydrogens (tertiary/aromatic N) is 3. The molecule has 1 aliphatic rings. The van der Waals surface area contributed by atoms with Crippen molar-refractivity contribution in [2.24, 2.45) is 5.73 Å². The summed E-state index contributed by atoms with van der Waals surface area (Å²) < 4.78 is 2.24. The molecular formula is C15H28N4. The van der Waals surface area contributed by atoms with E-state index in [1.807, 2.05) is 6.20 Å². The van der Waals surface area contributed by atoms with Gasteiger partial charge in [-0.2, -0.15) is 0 Å². The van der Waals surface area contributed by atoms with Crippen LogP contribution in [0.2, 0.25) is 0 Å². The molecule has 0 unspecified atom stereocenters. The molecule has 19 heavy (non-hydrogen) atoms. The van der Waals surface area contributed by atoms with Gasteiger partial charge in [-0.05, 0) is 32.7 Å². The Morgan fingerprint density at radius 1 is 1.37 bits per heavy atom. The summed E-state index contributed by atoms with van der Waals surface area (Å²) in [6, 6.07) is 0. The average molecular weight is 264 g/mol. The van der Waals surface area contributed by atoms with E-state index < -0.39 is 0 Å². The molecule has 4 heteroatoms. The van der Waals surface area contributed by atoms with Crippen LogP contribution in [0.3, 0.4) is 0 Å². The van der Waals surface area contributed by atoms with Crippen LogP contribution in [-0.2, 0) is 6.54 Å². The number of hydrogen-bond acceptors (Lipinski definition) is 3. The fraction of sp³-hybridized carbons (Fsp3) is 0.800. The Morgan fingerprint density at radius 3 is 2.63 bits per heavy atom. The second-order valence-electron chi connectivity index (χ2n) is 5.79. The maximum Gasteiger partial charge on any atom is 0.105 e. The highest BCUT2D eigenvalue weighted by Crippen LogP contribution is 2.34. The van der Waals surface area contributed by atoms with E-state index in [9.17, 15) is 0 Å². The lowest BCUT2D eigenvalue weighted by Crippen LogP contribution is -2.53. The summed E-state index contributed by atoms with van der Waals surface area (Å²) in [5, 5.41) is 0. The van der Waals surface area contributed by atoms with Crippen LogP contribution in [0, 0.1) is 6.92 Å². The Kier molecular flexibility index (Phi) is 4.99. The molecular weight excluding hydrogens is 236 g/mol. The fourth-order valence-electron chi connectivity index (χ4n) is 3.41. The third kappa shape index (κ3) is 3.18. The van der Waals surface area contributed by atoms with E-state index in [0.717, 1.165) is 32.0 Å². The summed E-state index contributed by atoms with van der Waals surface area (Å²) in [5.74, 6) is 1.10. The fourth-order valence-corrected chi connectivity index (χ4v) is 3.41. The zero-order chi connectivity index (χ0) is 13.7. The van der Waals surface area contributed by atoms with Gasteiger partial charge in [0.05, 0.1) is 0 Å². The highest BCUT2D eigenvalue weighted by Gasteiger charge is 2.37. The van der Waals surface area contributed by atoms with Gasteiger partial charge in [-0.1, -0.05) is 19.8 Å². The first-order chi connectivity index (χ1) is 9.22. The highest BCUT2D eigenvalue weighted by molar-refractivity contribution is 4.96. The minimum absolute atomic E-state index is 0.268. The van der Waals surface area contributed by atoms with E-state index >= 15 is 0 Å². The number of hydrogen-bond donors (Lipinski definition) is 1. The second-order valence-corrected chi connectivity index (χ2v) is 5.79. The van der Waals surface area contributed by atoms with E-state index in [0.29, 0.717) is 0 Å². The van der Waals surface area contributed by atoms with E-state index in [1.165, 1.54) is 32.1 Å². The van der Waals surface area contributed by atoms with Gasteiger partial charge < -0.3 is 10.3 Å². The molecule has 0 aliphatic heterocycles. The van der Waals surface area contributed by atoms with Crippen LogP contribution in [0.25, 0.3) is 0 Å². The number of rotatable bonds is 7. The highest BCUT2D eigenvalue weighted by atomic mass is 15.2. The number of aryl methyl sites for hydroxylation is 1. The van der Waals surface area contributed by atoms with Crippen LogP contribution in [0.15, 0.2) is 12.4 Å². The maximum absolute atomic E-state index is 6.12. The van der Waals surface area contributed by atoms with Crippen molar-refractivity contribution >= 4 is 0 Å². The van der Waals surface area contributed by atoms with Gasteiger partial charge in [-0.15, -0.1) is 0 Å². The number of nitrogens with two attached hydrogens (primary N) is 1. The first-order valence-corrected chi connectivity index (χ1v) is 7.65. The van der Waals surface area contributed by atoms with E-state index in [-0.39, 0.29) is 5.54 Å². The molecule has 1 heterocycles. The topological polar surface area (TPSA) is 47.1 Å². The number of imidazole rings is 1.